The molecule has 3 nitrogen and oxygen atoms in total. The standard InChI is InChI=1S/C16H21FN2O/c17-15-7-5-14(6-8-15)10-12-19-16(20)18-11-9-13-3-1-2-4-13/h5-9,11,13H,1-4,10,12H2,(H2,18,19,20)/b11-9+. The fraction of sp³-hybridized carbons (Fsp3) is 0.438. The van der Waals surface area contributed by atoms with Crippen molar-refractivity contribution in [2.45, 2.75) is 32.1 Å². The number of amides is 2. The molecular weight excluding hydrogens is 255 g/mol. The SMILES string of the molecule is O=C(N/C=C/C1CCCC1)NCCc1ccc(F)cc1. The number of rotatable bonds is 5. The van der Waals surface area contributed by atoms with Gasteiger partial charge < -0.3 is 10.6 Å². The van der Waals surface area contributed by atoms with Gasteiger partial charge in [0.25, 0.3) is 0 Å². The quantitative estimate of drug-likeness (QED) is 0.850. The van der Waals surface area contributed by atoms with Crippen molar-refractivity contribution in [3.63, 3.8) is 0 Å². The minimum absolute atomic E-state index is 0.193. The summed E-state index contributed by atoms with van der Waals surface area (Å²) < 4.78 is 12.7. The number of benzene rings is 1. The summed E-state index contributed by atoms with van der Waals surface area (Å²) in [5.41, 5.74) is 1.01. The van der Waals surface area contributed by atoms with Crippen molar-refractivity contribution in [1.29, 1.82) is 0 Å². The van der Waals surface area contributed by atoms with E-state index in [2.05, 4.69) is 16.7 Å². The molecule has 0 heterocycles. The van der Waals surface area contributed by atoms with Crippen LogP contribution in [0.15, 0.2) is 36.5 Å². The molecule has 0 aliphatic heterocycles. The van der Waals surface area contributed by atoms with Gasteiger partial charge in [-0.15, -0.1) is 0 Å². The summed E-state index contributed by atoms with van der Waals surface area (Å²) in [7, 11) is 0. The summed E-state index contributed by atoms with van der Waals surface area (Å²) >= 11 is 0. The van der Waals surface area contributed by atoms with Gasteiger partial charge in [-0.05, 0) is 42.9 Å². The van der Waals surface area contributed by atoms with E-state index in [0.717, 1.165) is 5.56 Å². The first-order valence-corrected chi connectivity index (χ1v) is 7.19. The minimum Gasteiger partial charge on any atom is -0.338 e. The lowest BCUT2D eigenvalue weighted by Crippen LogP contribution is -2.33. The maximum absolute atomic E-state index is 12.7. The zero-order valence-corrected chi connectivity index (χ0v) is 11.6. The van der Waals surface area contributed by atoms with Crippen LogP contribution >= 0.6 is 0 Å². The molecule has 0 atom stereocenters. The van der Waals surface area contributed by atoms with Gasteiger partial charge in [-0.3, -0.25) is 0 Å². The second kappa shape index (κ2) is 7.68. The molecule has 2 N–H and O–H groups in total. The van der Waals surface area contributed by atoms with E-state index in [-0.39, 0.29) is 11.8 Å². The Labute approximate surface area is 119 Å². The van der Waals surface area contributed by atoms with Crippen LogP contribution in [0.4, 0.5) is 9.18 Å². The summed E-state index contributed by atoms with van der Waals surface area (Å²) in [6.07, 6.45) is 9.54. The molecule has 4 heteroatoms. The molecule has 2 rings (SSSR count). The van der Waals surface area contributed by atoms with Crippen LogP contribution in [0.5, 0.6) is 0 Å². The Hall–Kier alpha value is -1.84. The Morgan fingerprint density at radius 2 is 1.95 bits per heavy atom. The highest BCUT2D eigenvalue weighted by molar-refractivity contribution is 5.74. The van der Waals surface area contributed by atoms with Crippen LogP contribution in [0.2, 0.25) is 0 Å². The van der Waals surface area contributed by atoms with Gasteiger partial charge in [-0.1, -0.05) is 31.1 Å². The van der Waals surface area contributed by atoms with Crippen molar-refractivity contribution in [1.82, 2.24) is 10.6 Å². The Morgan fingerprint density at radius 1 is 1.25 bits per heavy atom. The van der Waals surface area contributed by atoms with Gasteiger partial charge in [0.15, 0.2) is 0 Å². The summed E-state index contributed by atoms with van der Waals surface area (Å²) in [4.78, 5) is 11.5. The lowest BCUT2D eigenvalue weighted by atomic mass is 10.1. The Kier molecular flexibility index (Phi) is 5.59. The third-order valence-corrected chi connectivity index (χ3v) is 3.60. The average Bonchev–Trinajstić information content (AvgIpc) is 2.94. The zero-order chi connectivity index (χ0) is 14.2. The van der Waals surface area contributed by atoms with Crippen LogP contribution in [-0.2, 0) is 6.42 Å². The number of hydrogen-bond donors (Lipinski definition) is 2. The van der Waals surface area contributed by atoms with E-state index in [0.29, 0.717) is 18.9 Å². The molecule has 0 bridgehead atoms. The van der Waals surface area contributed by atoms with Gasteiger partial charge in [-0.2, -0.15) is 0 Å². The van der Waals surface area contributed by atoms with E-state index >= 15 is 0 Å². The molecule has 0 radical (unpaired) electrons. The number of nitrogens with one attached hydrogen (secondary N) is 2. The fourth-order valence-corrected chi connectivity index (χ4v) is 2.43. The molecule has 0 spiro atoms. The number of carbonyl (C=O) groups excluding carboxylic acids is 1. The van der Waals surface area contributed by atoms with Gasteiger partial charge in [0.2, 0.25) is 0 Å². The van der Waals surface area contributed by atoms with Gasteiger partial charge in [0.1, 0.15) is 5.82 Å². The van der Waals surface area contributed by atoms with Gasteiger partial charge in [0, 0.05) is 12.7 Å². The Balaban J connectivity index is 1.61. The summed E-state index contributed by atoms with van der Waals surface area (Å²) in [5.74, 6) is 0.381. The van der Waals surface area contributed by atoms with Crippen LogP contribution in [0, 0.1) is 11.7 Å². The smallest absolute Gasteiger partial charge is 0.318 e. The number of allylic oxidation sites excluding steroid dienone is 1. The third kappa shape index (κ3) is 5.03. The molecule has 1 saturated carbocycles. The van der Waals surface area contributed by atoms with Crippen LogP contribution in [0.1, 0.15) is 31.2 Å². The molecule has 1 aromatic carbocycles. The largest absolute Gasteiger partial charge is 0.338 e. The molecule has 1 aliphatic carbocycles. The van der Waals surface area contributed by atoms with Crippen molar-refractivity contribution >= 4 is 6.03 Å². The van der Waals surface area contributed by atoms with Gasteiger partial charge >= 0.3 is 6.03 Å². The molecule has 0 aromatic heterocycles. The van der Waals surface area contributed by atoms with Crippen LogP contribution < -0.4 is 10.6 Å². The molecule has 0 unspecified atom stereocenters. The first kappa shape index (κ1) is 14.6. The highest BCUT2D eigenvalue weighted by Gasteiger charge is 2.11. The summed E-state index contributed by atoms with van der Waals surface area (Å²) in [6.45, 7) is 0.536. The third-order valence-electron chi connectivity index (χ3n) is 3.60. The average molecular weight is 276 g/mol. The maximum Gasteiger partial charge on any atom is 0.318 e. The van der Waals surface area contributed by atoms with E-state index in [1.54, 1.807) is 18.3 Å². The first-order valence-electron chi connectivity index (χ1n) is 7.19. The van der Waals surface area contributed by atoms with E-state index < -0.39 is 0 Å². The summed E-state index contributed by atoms with van der Waals surface area (Å²) in [5, 5.41) is 5.49. The van der Waals surface area contributed by atoms with Crippen molar-refractivity contribution < 1.29 is 9.18 Å². The van der Waals surface area contributed by atoms with E-state index in [9.17, 15) is 9.18 Å². The van der Waals surface area contributed by atoms with Gasteiger partial charge in [-0.25, -0.2) is 9.18 Å². The molecule has 1 aromatic rings. The highest BCUT2D eigenvalue weighted by Crippen LogP contribution is 2.25. The number of urea groups is 1. The molecule has 20 heavy (non-hydrogen) atoms. The van der Waals surface area contributed by atoms with Crippen molar-refractivity contribution in [3.05, 3.63) is 47.9 Å². The molecule has 0 saturated heterocycles. The van der Waals surface area contributed by atoms with Crippen molar-refractivity contribution in [3.8, 4) is 0 Å². The first-order chi connectivity index (χ1) is 9.74. The monoisotopic (exact) mass is 276 g/mol. The van der Waals surface area contributed by atoms with Crippen LogP contribution in [0.25, 0.3) is 0 Å². The Bertz CT molecular complexity index is 450. The lowest BCUT2D eigenvalue weighted by Gasteiger charge is -2.05. The van der Waals surface area contributed by atoms with Crippen molar-refractivity contribution in [2.24, 2.45) is 5.92 Å². The molecular formula is C16H21FN2O. The molecule has 108 valence electrons. The van der Waals surface area contributed by atoms with Crippen LogP contribution in [0.3, 0.4) is 0 Å². The predicted molar refractivity (Wildman–Crippen MR) is 77.7 cm³/mol. The van der Waals surface area contributed by atoms with Crippen LogP contribution in [-0.4, -0.2) is 12.6 Å². The molecule has 1 fully saturated rings. The molecule has 1 aliphatic rings. The second-order valence-corrected chi connectivity index (χ2v) is 5.18. The molecule has 2 amide bonds. The fourth-order valence-electron chi connectivity index (χ4n) is 2.43. The zero-order valence-electron chi connectivity index (χ0n) is 11.6. The second-order valence-electron chi connectivity index (χ2n) is 5.18. The normalized spacial score (nSPS) is 15.7. The number of hydrogen-bond acceptors (Lipinski definition) is 1. The van der Waals surface area contributed by atoms with Gasteiger partial charge in [0.05, 0.1) is 0 Å². The Morgan fingerprint density at radius 3 is 2.65 bits per heavy atom. The van der Waals surface area contributed by atoms with E-state index in [1.165, 1.54) is 37.8 Å². The van der Waals surface area contributed by atoms with Crippen molar-refractivity contribution in [2.75, 3.05) is 6.54 Å². The summed E-state index contributed by atoms with van der Waals surface area (Å²) in [6, 6.07) is 6.13. The topological polar surface area (TPSA) is 41.1 Å². The minimum atomic E-state index is -0.239. The highest BCUT2D eigenvalue weighted by atomic mass is 19.1. The predicted octanol–water partition coefficient (Wildman–Crippen LogP) is 3.37. The lowest BCUT2D eigenvalue weighted by molar-refractivity contribution is 0.244. The van der Waals surface area contributed by atoms with E-state index in [4.69, 9.17) is 0 Å². The maximum atomic E-state index is 12.7. The van der Waals surface area contributed by atoms with E-state index in [1.807, 2.05) is 0 Å². The number of carbonyl (C=O) groups is 1. The number of halogens is 1.